The molecule has 1 aliphatic carbocycles. The Morgan fingerprint density at radius 1 is 1.09 bits per heavy atom. The highest BCUT2D eigenvalue weighted by atomic mass is 16.2. The van der Waals surface area contributed by atoms with Crippen LogP contribution in [-0.2, 0) is 4.79 Å². The molecule has 0 aliphatic heterocycles. The fraction of sp³-hybridized carbons (Fsp3) is 0.889. The molecule has 0 aromatic rings. The van der Waals surface area contributed by atoms with Gasteiger partial charge in [-0.3, -0.25) is 9.79 Å². The molecule has 5 heteroatoms. The molecule has 0 aromatic carbocycles. The van der Waals surface area contributed by atoms with E-state index in [4.69, 9.17) is 0 Å². The van der Waals surface area contributed by atoms with Gasteiger partial charge in [0.2, 0.25) is 5.91 Å². The Kier molecular flexibility index (Phi) is 8.42. The van der Waals surface area contributed by atoms with Crippen molar-refractivity contribution in [2.45, 2.75) is 59.8 Å². The van der Waals surface area contributed by atoms with E-state index in [2.05, 4.69) is 27.9 Å². The zero-order valence-corrected chi connectivity index (χ0v) is 15.7. The standard InChI is InChI=1S/C18H36N4O/c1-14-7-6-8-15(13-14)9-10-21-17(19-5)22-12-11-20-16(23)18(2,3)4/h14-15H,6-13H2,1-5H3,(H,20,23)(H2,19,21,22). The van der Waals surface area contributed by atoms with E-state index in [1.54, 1.807) is 7.05 Å². The van der Waals surface area contributed by atoms with Crippen molar-refractivity contribution >= 4 is 11.9 Å². The summed E-state index contributed by atoms with van der Waals surface area (Å²) in [6.07, 6.45) is 6.73. The number of guanidine groups is 1. The number of nitrogens with zero attached hydrogens (tertiary/aromatic N) is 1. The summed E-state index contributed by atoms with van der Waals surface area (Å²) in [5.74, 6) is 2.64. The van der Waals surface area contributed by atoms with Crippen molar-refractivity contribution in [2.24, 2.45) is 22.2 Å². The highest BCUT2D eigenvalue weighted by Crippen LogP contribution is 2.30. The van der Waals surface area contributed by atoms with E-state index in [1.165, 1.54) is 32.1 Å². The Hall–Kier alpha value is -1.26. The molecule has 1 amide bonds. The maximum atomic E-state index is 11.8. The second-order valence-electron chi connectivity index (χ2n) is 7.86. The van der Waals surface area contributed by atoms with Crippen LogP contribution in [0.3, 0.4) is 0 Å². The van der Waals surface area contributed by atoms with Crippen molar-refractivity contribution in [3.8, 4) is 0 Å². The Bertz CT molecular complexity index is 387. The molecule has 23 heavy (non-hydrogen) atoms. The fourth-order valence-electron chi connectivity index (χ4n) is 3.06. The monoisotopic (exact) mass is 324 g/mol. The van der Waals surface area contributed by atoms with Crippen LogP contribution in [-0.4, -0.2) is 38.5 Å². The Morgan fingerprint density at radius 3 is 2.35 bits per heavy atom. The molecule has 1 fully saturated rings. The maximum Gasteiger partial charge on any atom is 0.225 e. The quantitative estimate of drug-likeness (QED) is 0.400. The number of rotatable bonds is 6. The predicted molar refractivity (Wildman–Crippen MR) is 97.6 cm³/mol. The number of amides is 1. The molecule has 0 bridgehead atoms. The lowest BCUT2D eigenvalue weighted by molar-refractivity contribution is -0.128. The zero-order chi connectivity index (χ0) is 17.3. The van der Waals surface area contributed by atoms with Gasteiger partial charge in [-0.1, -0.05) is 47.0 Å². The van der Waals surface area contributed by atoms with Gasteiger partial charge in [0.15, 0.2) is 5.96 Å². The highest BCUT2D eigenvalue weighted by molar-refractivity contribution is 5.81. The first kappa shape index (κ1) is 19.8. The van der Waals surface area contributed by atoms with Crippen molar-refractivity contribution in [3.05, 3.63) is 0 Å². The molecule has 2 atom stereocenters. The van der Waals surface area contributed by atoms with Gasteiger partial charge in [-0.05, 0) is 24.7 Å². The molecule has 2 unspecified atom stereocenters. The minimum absolute atomic E-state index is 0.0775. The number of hydrogen-bond donors (Lipinski definition) is 3. The topological polar surface area (TPSA) is 65.5 Å². The Balaban J connectivity index is 2.14. The second kappa shape index (κ2) is 9.78. The van der Waals surface area contributed by atoms with E-state index < -0.39 is 0 Å². The van der Waals surface area contributed by atoms with Crippen molar-refractivity contribution < 1.29 is 4.79 Å². The van der Waals surface area contributed by atoms with Gasteiger partial charge in [0.25, 0.3) is 0 Å². The summed E-state index contributed by atoms with van der Waals surface area (Å²) in [6, 6.07) is 0. The van der Waals surface area contributed by atoms with Crippen LogP contribution >= 0.6 is 0 Å². The first-order chi connectivity index (χ1) is 10.8. The lowest BCUT2D eigenvalue weighted by Crippen LogP contribution is -2.43. The molecular formula is C18H36N4O. The van der Waals surface area contributed by atoms with Crippen LogP contribution in [0.1, 0.15) is 59.8 Å². The molecule has 0 heterocycles. The summed E-state index contributed by atoms with van der Waals surface area (Å²) in [6.45, 7) is 10.4. The third kappa shape index (κ3) is 8.24. The smallest absolute Gasteiger partial charge is 0.225 e. The summed E-state index contributed by atoms with van der Waals surface area (Å²) in [5.41, 5.74) is -0.336. The molecule has 0 saturated heterocycles. The minimum atomic E-state index is -0.336. The fourth-order valence-corrected chi connectivity index (χ4v) is 3.06. The Morgan fingerprint density at radius 2 is 1.74 bits per heavy atom. The van der Waals surface area contributed by atoms with Crippen LogP contribution in [0.2, 0.25) is 0 Å². The van der Waals surface area contributed by atoms with Gasteiger partial charge < -0.3 is 16.0 Å². The molecular weight excluding hydrogens is 288 g/mol. The molecule has 0 spiro atoms. The SMILES string of the molecule is CN=C(NCCNC(=O)C(C)(C)C)NCCC1CCCC(C)C1. The average Bonchev–Trinajstić information content (AvgIpc) is 2.48. The van der Waals surface area contributed by atoms with Crippen LogP contribution in [0.25, 0.3) is 0 Å². The van der Waals surface area contributed by atoms with Crippen LogP contribution in [0.15, 0.2) is 4.99 Å². The van der Waals surface area contributed by atoms with E-state index in [-0.39, 0.29) is 11.3 Å². The van der Waals surface area contributed by atoms with Crippen LogP contribution in [0.4, 0.5) is 0 Å². The summed E-state index contributed by atoms with van der Waals surface area (Å²) in [7, 11) is 1.78. The zero-order valence-electron chi connectivity index (χ0n) is 15.7. The van der Waals surface area contributed by atoms with Gasteiger partial charge in [-0.25, -0.2) is 0 Å². The Labute approximate surface area is 142 Å². The predicted octanol–water partition coefficient (Wildman–Crippen LogP) is 2.53. The number of nitrogens with one attached hydrogen (secondary N) is 3. The molecule has 0 aromatic heterocycles. The molecule has 1 aliphatic rings. The minimum Gasteiger partial charge on any atom is -0.356 e. The van der Waals surface area contributed by atoms with Crippen molar-refractivity contribution in [1.82, 2.24) is 16.0 Å². The van der Waals surface area contributed by atoms with Crippen molar-refractivity contribution in [1.29, 1.82) is 0 Å². The van der Waals surface area contributed by atoms with Gasteiger partial charge in [0, 0.05) is 32.1 Å². The summed E-state index contributed by atoms with van der Waals surface area (Å²) >= 11 is 0. The molecule has 3 N–H and O–H groups in total. The summed E-state index contributed by atoms with van der Waals surface area (Å²) in [4.78, 5) is 16.0. The van der Waals surface area contributed by atoms with Crippen molar-refractivity contribution in [2.75, 3.05) is 26.7 Å². The number of carbonyl (C=O) groups is 1. The number of hydrogen-bond acceptors (Lipinski definition) is 2. The van der Waals surface area contributed by atoms with E-state index >= 15 is 0 Å². The molecule has 5 nitrogen and oxygen atoms in total. The third-order valence-electron chi connectivity index (χ3n) is 4.50. The van der Waals surface area contributed by atoms with E-state index in [9.17, 15) is 4.79 Å². The highest BCUT2D eigenvalue weighted by Gasteiger charge is 2.20. The molecule has 1 rings (SSSR count). The lowest BCUT2D eigenvalue weighted by Gasteiger charge is -2.26. The molecule has 0 radical (unpaired) electrons. The van der Waals surface area contributed by atoms with E-state index in [0.717, 1.165) is 24.3 Å². The van der Waals surface area contributed by atoms with Gasteiger partial charge >= 0.3 is 0 Å². The van der Waals surface area contributed by atoms with Gasteiger partial charge in [0.05, 0.1) is 0 Å². The number of aliphatic imine (C=N–C) groups is 1. The number of carbonyl (C=O) groups excluding carboxylic acids is 1. The molecule has 134 valence electrons. The van der Waals surface area contributed by atoms with Crippen molar-refractivity contribution in [3.63, 3.8) is 0 Å². The average molecular weight is 325 g/mol. The largest absolute Gasteiger partial charge is 0.356 e. The van der Waals surface area contributed by atoms with E-state index in [0.29, 0.717) is 13.1 Å². The first-order valence-electron chi connectivity index (χ1n) is 9.05. The molecule has 1 saturated carbocycles. The van der Waals surface area contributed by atoms with E-state index in [1.807, 2.05) is 20.8 Å². The summed E-state index contributed by atoms with van der Waals surface area (Å²) < 4.78 is 0. The lowest BCUT2D eigenvalue weighted by atomic mass is 9.81. The first-order valence-corrected chi connectivity index (χ1v) is 9.05. The van der Waals surface area contributed by atoms with Gasteiger partial charge in [0.1, 0.15) is 0 Å². The van der Waals surface area contributed by atoms with Crippen LogP contribution < -0.4 is 16.0 Å². The summed E-state index contributed by atoms with van der Waals surface area (Å²) in [5, 5.41) is 9.55. The van der Waals surface area contributed by atoms with Gasteiger partial charge in [-0.2, -0.15) is 0 Å². The maximum absolute atomic E-state index is 11.8. The second-order valence-corrected chi connectivity index (χ2v) is 7.86. The normalized spacial score (nSPS) is 22.6. The van der Waals surface area contributed by atoms with Crippen LogP contribution in [0, 0.1) is 17.3 Å². The van der Waals surface area contributed by atoms with Crippen LogP contribution in [0.5, 0.6) is 0 Å². The van der Waals surface area contributed by atoms with Gasteiger partial charge in [-0.15, -0.1) is 0 Å². The third-order valence-corrected chi connectivity index (χ3v) is 4.50.